The largest absolute Gasteiger partial charge is 0.304 e. The van der Waals surface area contributed by atoms with Crippen molar-refractivity contribution in [3.8, 4) is 0 Å². The van der Waals surface area contributed by atoms with Crippen LogP contribution in [0.25, 0.3) is 0 Å². The number of nitrogens with zero attached hydrogens (tertiary/aromatic N) is 3. The van der Waals surface area contributed by atoms with Crippen LogP contribution >= 0.6 is 15.9 Å². The average Bonchev–Trinajstić information content (AvgIpc) is 3.24. The van der Waals surface area contributed by atoms with Gasteiger partial charge >= 0.3 is 0 Å². The highest BCUT2D eigenvalue weighted by Gasteiger charge is 2.26. The third-order valence-corrected chi connectivity index (χ3v) is 3.92. The van der Waals surface area contributed by atoms with Gasteiger partial charge in [-0.25, -0.2) is 22.0 Å². The number of hydrogen-bond donors (Lipinski definition) is 2. The number of amides is 1. The zero-order chi connectivity index (χ0) is 19.0. The van der Waals surface area contributed by atoms with E-state index >= 15 is 0 Å². The van der Waals surface area contributed by atoms with E-state index in [9.17, 15) is 26.7 Å². The van der Waals surface area contributed by atoms with E-state index in [0.717, 1.165) is 4.68 Å². The number of aromatic amines is 1. The molecule has 12 heteroatoms. The van der Waals surface area contributed by atoms with Crippen LogP contribution in [-0.2, 0) is 6.54 Å². The molecule has 0 atom stereocenters. The molecule has 3 aromatic rings. The van der Waals surface area contributed by atoms with Crippen LogP contribution in [0.4, 0.5) is 27.8 Å². The Bertz CT molecular complexity index is 973. The van der Waals surface area contributed by atoms with Crippen molar-refractivity contribution in [3.63, 3.8) is 0 Å². The van der Waals surface area contributed by atoms with Crippen LogP contribution in [0, 0.1) is 29.1 Å². The Morgan fingerprint density at radius 2 is 1.73 bits per heavy atom. The fraction of sp³-hybridized carbons (Fsp3) is 0.0714. The van der Waals surface area contributed by atoms with E-state index in [1.54, 1.807) is 0 Å². The predicted molar refractivity (Wildman–Crippen MR) is 81.8 cm³/mol. The van der Waals surface area contributed by atoms with Crippen LogP contribution in [0.1, 0.15) is 16.1 Å². The molecule has 0 saturated heterocycles. The quantitative estimate of drug-likeness (QED) is 0.374. The van der Waals surface area contributed by atoms with Crippen molar-refractivity contribution in [2.75, 3.05) is 5.32 Å². The molecule has 26 heavy (non-hydrogen) atoms. The summed E-state index contributed by atoms with van der Waals surface area (Å²) in [6, 6.07) is 1.29. The van der Waals surface area contributed by atoms with E-state index in [4.69, 9.17) is 0 Å². The van der Waals surface area contributed by atoms with Crippen LogP contribution in [0.2, 0.25) is 0 Å². The summed E-state index contributed by atoms with van der Waals surface area (Å²) in [5, 5.41) is 12.3. The molecule has 1 amide bonds. The lowest BCUT2D eigenvalue weighted by atomic mass is 10.1. The number of rotatable bonds is 4. The Kier molecular flexibility index (Phi) is 4.76. The minimum atomic E-state index is -2.23. The molecule has 0 unspecified atom stereocenters. The van der Waals surface area contributed by atoms with Crippen molar-refractivity contribution in [3.05, 3.63) is 63.3 Å². The van der Waals surface area contributed by atoms with Gasteiger partial charge in [0.25, 0.3) is 5.91 Å². The van der Waals surface area contributed by atoms with Gasteiger partial charge in [-0.1, -0.05) is 0 Å². The highest BCUT2D eigenvalue weighted by Crippen LogP contribution is 2.24. The third-order valence-electron chi connectivity index (χ3n) is 3.32. The van der Waals surface area contributed by atoms with Gasteiger partial charge in [0.05, 0.1) is 22.8 Å². The first-order valence-corrected chi connectivity index (χ1v) is 7.63. The first-order valence-electron chi connectivity index (χ1n) is 6.83. The molecule has 136 valence electrons. The first kappa shape index (κ1) is 18.0. The lowest BCUT2D eigenvalue weighted by molar-refractivity contribution is 0.102. The van der Waals surface area contributed by atoms with Crippen molar-refractivity contribution in [1.29, 1.82) is 0 Å². The molecular formula is C14H7BrF5N5O. The third kappa shape index (κ3) is 3.19. The molecule has 2 aromatic heterocycles. The van der Waals surface area contributed by atoms with Crippen LogP contribution < -0.4 is 5.32 Å². The van der Waals surface area contributed by atoms with Gasteiger partial charge in [-0.05, 0) is 15.9 Å². The summed E-state index contributed by atoms with van der Waals surface area (Å²) in [5.74, 6) is -10.8. The van der Waals surface area contributed by atoms with Gasteiger partial charge < -0.3 is 5.32 Å². The molecule has 0 fully saturated rings. The Morgan fingerprint density at radius 3 is 2.31 bits per heavy atom. The standard InChI is InChI=1S/C14H7BrF5N5O/c15-6-3-21-23-13(6)14(26)22-7-1-2-25(24-7)4-5-8(16)10(18)12(20)11(19)9(5)17/h1-3H,4H2,(H,21,23)(H,22,24,26). The summed E-state index contributed by atoms with van der Waals surface area (Å²) in [7, 11) is 0. The van der Waals surface area contributed by atoms with E-state index < -0.39 is 47.1 Å². The van der Waals surface area contributed by atoms with E-state index in [-0.39, 0.29) is 11.5 Å². The van der Waals surface area contributed by atoms with E-state index in [1.165, 1.54) is 18.5 Å². The molecule has 1 aromatic carbocycles. The number of anilines is 1. The van der Waals surface area contributed by atoms with E-state index in [0.29, 0.717) is 4.47 Å². The van der Waals surface area contributed by atoms with Gasteiger partial charge in [0, 0.05) is 12.3 Å². The Balaban J connectivity index is 1.82. The molecule has 0 aliphatic carbocycles. The molecule has 0 saturated carbocycles. The molecule has 0 spiro atoms. The van der Waals surface area contributed by atoms with Gasteiger partial charge in [-0.15, -0.1) is 0 Å². The number of carbonyl (C=O) groups is 1. The number of nitrogens with one attached hydrogen (secondary N) is 2. The highest BCUT2D eigenvalue weighted by atomic mass is 79.9. The lowest BCUT2D eigenvalue weighted by Crippen LogP contribution is -2.15. The second kappa shape index (κ2) is 6.86. The summed E-state index contributed by atoms with van der Waals surface area (Å²) < 4.78 is 68.2. The fourth-order valence-corrected chi connectivity index (χ4v) is 2.45. The Labute approximate surface area is 150 Å². The topological polar surface area (TPSA) is 75.6 Å². The minimum Gasteiger partial charge on any atom is -0.304 e. The SMILES string of the molecule is O=C(Nc1ccn(Cc2c(F)c(F)c(F)c(F)c2F)n1)c1[nH]ncc1Br. The molecule has 6 nitrogen and oxygen atoms in total. The van der Waals surface area contributed by atoms with Gasteiger partial charge in [-0.2, -0.15) is 10.2 Å². The lowest BCUT2D eigenvalue weighted by Gasteiger charge is -2.08. The minimum absolute atomic E-state index is 0.000344. The van der Waals surface area contributed by atoms with Crippen molar-refractivity contribution in [2.24, 2.45) is 0 Å². The molecule has 0 aliphatic heterocycles. The second-order valence-corrected chi connectivity index (χ2v) is 5.85. The number of halogens is 6. The average molecular weight is 436 g/mol. The molecule has 0 bridgehead atoms. The van der Waals surface area contributed by atoms with Crippen LogP contribution in [0.3, 0.4) is 0 Å². The molecular weight excluding hydrogens is 429 g/mol. The van der Waals surface area contributed by atoms with E-state index in [1.807, 2.05) is 0 Å². The van der Waals surface area contributed by atoms with Crippen LogP contribution in [0.5, 0.6) is 0 Å². The number of H-pyrrole nitrogens is 1. The first-order chi connectivity index (χ1) is 12.3. The molecule has 2 heterocycles. The van der Waals surface area contributed by atoms with Crippen molar-refractivity contribution >= 4 is 27.7 Å². The van der Waals surface area contributed by atoms with Gasteiger partial charge in [0.1, 0.15) is 5.69 Å². The summed E-state index contributed by atoms with van der Waals surface area (Å²) >= 11 is 3.10. The van der Waals surface area contributed by atoms with Crippen LogP contribution in [-0.4, -0.2) is 25.9 Å². The smallest absolute Gasteiger partial charge is 0.276 e. The Hall–Kier alpha value is -2.76. The number of carbonyl (C=O) groups excluding carboxylic acids is 1. The highest BCUT2D eigenvalue weighted by molar-refractivity contribution is 9.10. The maximum absolute atomic E-state index is 13.7. The second-order valence-electron chi connectivity index (χ2n) is 4.99. The fourth-order valence-electron chi connectivity index (χ4n) is 2.08. The molecule has 0 aliphatic rings. The van der Waals surface area contributed by atoms with Crippen molar-refractivity contribution in [2.45, 2.75) is 6.54 Å². The van der Waals surface area contributed by atoms with Gasteiger partial charge in [0.15, 0.2) is 29.1 Å². The van der Waals surface area contributed by atoms with Gasteiger partial charge in [-0.3, -0.25) is 14.6 Å². The zero-order valence-corrected chi connectivity index (χ0v) is 14.0. The number of aromatic nitrogens is 4. The molecule has 3 rings (SSSR count). The summed E-state index contributed by atoms with van der Waals surface area (Å²) in [5.41, 5.74) is -0.932. The van der Waals surface area contributed by atoms with Crippen molar-refractivity contribution < 1.29 is 26.7 Å². The molecule has 2 N–H and O–H groups in total. The zero-order valence-electron chi connectivity index (χ0n) is 12.5. The maximum atomic E-state index is 13.7. The summed E-state index contributed by atoms with van der Waals surface area (Å²) in [6.45, 7) is -0.727. The number of benzene rings is 1. The maximum Gasteiger partial charge on any atom is 0.276 e. The summed E-state index contributed by atoms with van der Waals surface area (Å²) in [4.78, 5) is 12.0. The normalized spacial score (nSPS) is 11.0. The van der Waals surface area contributed by atoms with E-state index in [2.05, 4.69) is 36.5 Å². The van der Waals surface area contributed by atoms with Crippen LogP contribution in [0.15, 0.2) is 22.9 Å². The Morgan fingerprint density at radius 1 is 1.12 bits per heavy atom. The monoisotopic (exact) mass is 435 g/mol. The molecule has 0 radical (unpaired) electrons. The predicted octanol–water partition coefficient (Wildman–Crippen LogP) is 3.36. The number of hydrogen-bond acceptors (Lipinski definition) is 3. The van der Waals surface area contributed by atoms with Gasteiger partial charge in [0.2, 0.25) is 5.82 Å². The van der Waals surface area contributed by atoms with Crippen molar-refractivity contribution in [1.82, 2.24) is 20.0 Å². The summed E-state index contributed by atoms with van der Waals surface area (Å²) in [6.07, 6.45) is 2.56.